The molecule has 0 bridgehead atoms. The third kappa shape index (κ3) is 3.92. The Kier molecular flexibility index (Phi) is 5.79. The normalized spacial score (nSPS) is 27.4. The van der Waals surface area contributed by atoms with Crippen molar-refractivity contribution in [2.75, 3.05) is 19.3 Å². The van der Waals surface area contributed by atoms with Gasteiger partial charge in [0.25, 0.3) is 0 Å². The van der Waals surface area contributed by atoms with E-state index in [4.69, 9.17) is 0 Å². The van der Waals surface area contributed by atoms with Crippen LogP contribution in [0, 0.1) is 11.8 Å². The molecule has 8 heteroatoms. The Morgan fingerprint density at radius 1 is 1.21 bits per heavy atom. The third-order valence-electron chi connectivity index (χ3n) is 5.42. The number of allylic oxidation sites excluding steroid dienone is 4. The molecule has 0 radical (unpaired) electrons. The molecule has 3 aliphatic heterocycles. The molecule has 0 aliphatic carbocycles. The molecule has 3 atom stereocenters. The van der Waals surface area contributed by atoms with Crippen molar-refractivity contribution in [2.24, 2.45) is 11.8 Å². The standard InChI is InChI=1S/C20H27N3O4S/c1-15(2)18-19-16(23(20(18)25)28(3,26)27)10-14-22(19)17(24)9-8-13-21-11-6-4-5-7-12-21/h4-9,11-12,15-16,18-19H,10,13-14H2,1-3H3/b9-8+/t16-,18+,19-/m0/s1. The predicted molar refractivity (Wildman–Crippen MR) is 107 cm³/mol. The second kappa shape index (κ2) is 7.95. The Balaban J connectivity index is 1.75. The number of nitrogens with zero attached hydrogens (tertiary/aromatic N) is 3. The second-order valence-corrected chi connectivity index (χ2v) is 9.57. The van der Waals surface area contributed by atoms with Crippen LogP contribution >= 0.6 is 0 Å². The molecule has 0 N–H and O–H groups in total. The van der Waals surface area contributed by atoms with Crippen LogP contribution in [-0.4, -0.2) is 65.8 Å². The van der Waals surface area contributed by atoms with Gasteiger partial charge in [-0.1, -0.05) is 32.1 Å². The molecule has 3 heterocycles. The number of fused-ring (bicyclic) bond motifs is 1. The Hall–Kier alpha value is -2.35. The first-order valence-corrected chi connectivity index (χ1v) is 11.3. The van der Waals surface area contributed by atoms with Crippen molar-refractivity contribution in [3.8, 4) is 0 Å². The zero-order valence-corrected chi connectivity index (χ0v) is 17.2. The highest BCUT2D eigenvalue weighted by molar-refractivity contribution is 7.88. The van der Waals surface area contributed by atoms with E-state index in [0.29, 0.717) is 19.5 Å². The number of carbonyl (C=O) groups is 2. The van der Waals surface area contributed by atoms with Crippen LogP contribution in [0.25, 0.3) is 0 Å². The summed E-state index contributed by atoms with van der Waals surface area (Å²) in [5, 5.41) is 0. The van der Waals surface area contributed by atoms with Gasteiger partial charge in [-0.05, 0) is 24.5 Å². The fourth-order valence-corrected chi connectivity index (χ4v) is 5.45. The van der Waals surface area contributed by atoms with Crippen LogP contribution in [-0.2, 0) is 19.6 Å². The van der Waals surface area contributed by atoms with E-state index < -0.39 is 28.0 Å². The maximum Gasteiger partial charge on any atom is 0.246 e. The maximum absolute atomic E-state index is 12.8. The SMILES string of the molecule is CC(C)[C@H]1C(=O)N(S(C)(=O)=O)[C@H]2CCN(C(=O)/C=C/CN3C=CC=CC=C3)[C@H]12. The van der Waals surface area contributed by atoms with Crippen molar-refractivity contribution in [2.45, 2.75) is 32.4 Å². The van der Waals surface area contributed by atoms with Crippen LogP contribution in [0.15, 0.2) is 48.9 Å². The number of carbonyl (C=O) groups excluding carboxylic acids is 2. The largest absolute Gasteiger partial charge is 0.350 e. The van der Waals surface area contributed by atoms with E-state index in [0.717, 1.165) is 10.6 Å². The number of likely N-dealkylation sites (tertiary alicyclic amines) is 1. The minimum Gasteiger partial charge on any atom is -0.350 e. The van der Waals surface area contributed by atoms with Gasteiger partial charge in [-0.3, -0.25) is 9.59 Å². The summed E-state index contributed by atoms with van der Waals surface area (Å²) in [4.78, 5) is 29.2. The molecule has 3 rings (SSSR count). The molecular formula is C20H27N3O4S. The molecular weight excluding hydrogens is 378 g/mol. The van der Waals surface area contributed by atoms with Gasteiger partial charge in [-0.15, -0.1) is 0 Å². The van der Waals surface area contributed by atoms with Gasteiger partial charge >= 0.3 is 0 Å². The van der Waals surface area contributed by atoms with Gasteiger partial charge in [0.05, 0.1) is 24.3 Å². The summed E-state index contributed by atoms with van der Waals surface area (Å²) in [7, 11) is -3.66. The van der Waals surface area contributed by atoms with Gasteiger partial charge in [0.2, 0.25) is 21.8 Å². The van der Waals surface area contributed by atoms with Gasteiger partial charge in [0, 0.05) is 31.6 Å². The van der Waals surface area contributed by atoms with E-state index in [2.05, 4.69) is 0 Å². The molecule has 2 amide bonds. The van der Waals surface area contributed by atoms with Gasteiger partial charge in [-0.25, -0.2) is 12.7 Å². The van der Waals surface area contributed by atoms with Crippen molar-refractivity contribution in [3.05, 3.63) is 48.9 Å². The van der Waals surface area contributed by atoms with E-state index in [-0.39, 0.29) is 17.7 Å². The molecule has 3 aliphatic rings. The molecule has 0 aromatic heterocycles. The van der Waals surface area contributed by atoms with Gasteiger partial charge in [0.1, 0.15) is 0 Å². The molecule has 0 unspecified atom stereocenters. The van der Waals surface area contributed by atoms with E-state index in [1.54, 1.807) is 11.0 Å². The summed E-state index contributed by atoms with van der Waals surface area (Å²) in [6, 6.07) is -0.864. The minimum atomic E-state index is -3.66. The van der Waals surface area contributed by atoms with Crippen molar-refractivity contribution in [1.29, 1.82) is 0 Å². The molecule has 7 nitrogen and oxygen atoms in total. The lowest BCUT2D eigenvalue weighted by molar-refractivity contribution is -0.131. The summed E-state index contributed by atoms with van der Waals surface area (Å²) in [5.41, 5.74) is 0. The van der Waals surface area contributed by atoms with E-state index in [9.17, 15) is 18.0 Å². The monoisotopic (exact) mass is 405 g/mol. The first kappa shape index (κ1) is 20.4. The number of hydrogen-bond acceptors (Lipinski definition) is 5. The van der Waals surface area contributed by atoms with Gasteiger partial charge in [-0.2, -0.15) is 0 Å². The van der Waals surface area contributed by atoms with Crippen LogP contribution in [0.2, 0.25) is 0 Å². The van der Waals surface area contributed by atoms with Crippen molar-refractivity contribution < 1.29 is 18.0 Å². The zero-order chi connectivity index (χ0) is 20.5. The molecule has 0 aromatic rings. The molecule has 0 spiro atoms. The highest BCUT2D eigenvalue weighted by atomic mass is 32.2. The minimum absolute atomic E-state index is 0.0518. The van der Waals surface area contributed by atoms with E-state index >= 15 is 0 Å². The second-order valence-electron chi connectivity index (χ2n) is 7.71. The fourth-order valence-electron chi connectivity index (χ4n) is 4.28. The smallest absolute Gasteiger partial charge is 0.246 e. The first-order chi connectivity index (χ1) is 13.2. The van der Waals surface area contributed by atoms with E-state index in [1.165, 1.54) is 6.08 Å². The summed E-state index contributed by atoms with van der Waals surface area (Å²) < 4.78 is 25.4. The summed E-state index contributed by atoms with van der Waals surface area (Å²) in [6.07, 6.45) is 16.3. The van der Waals surface area contributed by atoms with Gasteiger partial charge < -0.3 is 9.80 Å². The lowest BCUT2D eigenvalue weighted by atomic mass is 9.88. The Morgan fingerprint density at radius 2 is 1.86 bits per heavy atom. The first-order valence-electron chi connectivity index (χ1n) is 9.49. The molecule has 0 aromatic carbocycles. The Bertz CT molecular complexity index is 841. The lowest BCUT2D eigenvalue weighted by Crippen LogP contribution is -2.43. The Morgan fingerprint density at radius 3 is 2.43 bits per heavy atom. The predicted octanol–water partition coefficient (Wildman–Crippen LogP) is 1.49. The maximum atomic E-state index is 12.8. The quantitative estimate of drug-likeness (QED) is 0.648. The number of rotatable bonds is 5. The van der Waals surface area contributed by atoms with Crippen molar-refractivity contribution in [3.63, 3.8) is 0 Å². The summed E-state index contributed by atoms with van der Waals surface area (Å²) in [5.74, 6) is -1.12. The molecule has 0 saturated carbocycles. The average Bonchev–Trinajstić information content (AvgIpc) is 3.00. The number of hydrogen-bond donors (Lipinski definition) is 0. The van der Waals surface area contributed by atoms with Crippen molar-refractivity contribution in [1.82, 2.24) is 14.1 Å². The average molecular weight is 406 g/mol. The van der Waals surface area contributed by atoms with Crippen LogP contribution in [0.4, 0.5) is 0 Å². The molecule has 2 saturated heterocycles. The number of amides is 2. The number of sulfonamides is 1. The topological polar surface area (TPSA) is 78.0 Å². The summed E-state index contributed by atoms with van der Waals surface area (Å²) >= 11 is 0. The lowest BCUT2D eigenvalue weighted by Gasteiger charge is -2.28. The molecule has 28 heavy (non-hydrogen) atoms. The molecule has 152 valence electrons. The van der Waals surface area contributed by atoms with Crippen LogP contribution in [0.5, 0.6) is 0 Å². The van der Waals surface area contributed by atoms with Crippen LogP contribution < -0.4 is 0 Å². The highest BCUT2D eigenvalue weighted by Gasteiger charge is 2.58. The van der Waals surface area contributed by atoms with Crippen molar-refractivity contribution >= 4 is 21.8 Å². The third-order valence-corrected chi connectivity index (χ3v) is 6.58. The highest BCUT2D eigenvalue weighted by Crippen LogP contribution is 2.41. The molecule has 2 fully saturated rings. The van der Waals surface area contributed by atoms with Crippen LogP contribution in [0.3, 0.4) is 0 Å². The van der Waals surface area contributed by atoms with E-state index in [1.807, 2.05) is 55.5 Å². The zero-order valence-electron chi connectivity index (χ0n) is 16.4. The van der Waals surface area contributed by atoms with Gasteiger partial charge in [0.15, 0.2) is 0 Å². The Labute approximate surface area is 166 Å². The fraction of sp³-hybridized carbons (Fsp3) is 0.500. The summed E-state index contributed by atoms with van der Waals surface area (Å²) in [6.45, 7) is 4.79. The van der Waals surface area contributed by atoms with Crippen LogP contribution in [0.1, 0.15) is 20.3 Å².